The third-order valence-corrected chi connectivity index (χ3v) is 1.41. The van der Waals surface area contributed by atoms with Crippen LogP contribution in [-0.4, -0.2) is 6.54 Å². The topological polar surface area (TPSA) is 50.3 Å². The molecule has 0 saturated carbocycles. The molecule has 0 fully saturated rings. The van der Waals surface area contributed by atoms with E-state index in [2.05, 4.69) is 10.0 Å². The fourth-order valence-electron chi connectivity index (χ4n) is 0.874. The monoisotopic (exact) mass is 148 g/mol. The third-order valence-electron chi connectivity index (χ3n) is 1.41. The highest BCUT2D eigenvalue weighted by Crippen LogP contribution is 1.98. The molecule has 3 nitrogen and oxygen atoms in total. The second-order valence-electron chi connectivity index (χ2n) is 2.20. The van der Waals surface area contributed by atoms with Crippen LogP contribution >= 0.6 is 0 Å². The van der Waals surface area contributed by atoms with Crippen molar-refractivity contribution in [2.24, 2.45) is 5.11 Å². The zero-order valence-corrected chi connectivity index (χ0v) is 6.20. The number of rotatable bonds is 3. The van der Waals surface area contributed by atoms with Crippen molar-refractivity contribution in [2.45, 2.75) is 6.42 Å². The third kappa shape index (κ3) is 2.74. The number of nitrogens with one attached hydrogen (secondary N) is 1. The van der Waals surface area contributed by atoms with Crippen molar-refractivity contribution < 1.29 is 0 Å². The van der Waals surface area contributed by atoms with Crippen molar-refractivity contribution in [3.8, 4) is 0 Å². The van der Waals surface area contributed by atoms with E-state index in [1.807, 2.05) is 30.3 Å². The van der Waals surface area contributed by atoms with Crippen molar-refractivity contribution in [3.63, 3.8) is 0 Å². The minimum Gasteiger partial charge on any atom is -0.0622 e. The summed E-state index contributed by atoms with van der Waals surface area (Å²) in [5.41, 5.74) is 7.66. The van der Waals surface area contributed by atoms with Gasteiger partial charge in [-0.15, -0.1) is 0 Å². The van der Waals surface area contributed by atoms with Gasteiger partial charge in [-0.25, -0.2) is 0 Å². The van der Waals surface area contributed by atoms with E-state index in [4.69, 9.17) is 5.53 Å². The molecule has 0 bridgehead atoms. The molecule has 3 heteroatoms. The molecular formula is C8H10N3+. The van der Waals surface area contributed by atoms with Crippen molar-refractivity contribution in [1.82, 2.24) is 4.91 Å². The molecule has 0 amide bonds. The Morgan fingerprint density at radius 1 is 1.27 bits per heavy atom. The molecule has 0 atom stereocenters. The highest BCUT2D eigenvalue weighted by atomic mass is 15.1. The molecule has 0 unspecified atom stereocenters. The van der Waals surface area contributed by atoms with Crippen LogP contribution in [0.3, 0.4) is 0 Å². The molecule has 56 valence electrons. The Labute approximate surface area is 65.3 Å². The fourth-order valence-corrected chi connectivity index (χ4v) is 0.874. The zero-order valence-electron chi connectivity index (χ0n) is 6.20. The number of hydrogen-bond donors (Lipinski definition) is 1. The predicted molar refractivity (Wildman–Crippen MR) is 42.3 cm³/mol. The standard InChI is InChI=1S/C8H10N3/c9-11-10-7-6-8-4-2-1-3-5-8/h1-5,9H,6-7H2/q+1. The first-order valence-electron chi connectivity index (χ1n) is 3.50. The first-order chi connectivity index (χ1) is 5.43. The summed E-state index contributed by atoms with van der Waals surface area (Å²) in [4.78, 5) is 2.93. The molecule has 0 aliphatic heterocycles. The summed E-state index contributed by atoms with van der Waals surface area (Å²) in [6.07, 6.45) is 0.864. The van der Waals surface area contributed by atoms with Gasteiger partial charge >= 0.3 is 0 Å². The van der Waals surface area contributed by atoms with Gasteiger partial charge in [0.1, 0.15) is 17.2 Å². The highest BCUT2D eigenvalue weighted by Gasteiger charge is 1.91. The average Bonchev–Trinajstić information content (AvgIpc) is 2.07. The van der Waals surface area contributed by atoms with Crippen LogP contribution in [0.1, 0.15) is 5.56 Å². The summed E-state index contributed by atoms with van der Waals surface area (Å²) < 4.78 is 0. The van der Waals surface area contributed by atoms with Crippen molar-refractivity contribution in [1.29, 1.82) is 5.53 Å². The van der Waals surface area contributed by atoms with Crippen LogP contribution in [0.5, 0.6) is 0 Å². The van der Waals surface area contributed by atoms with Crippen LogP contribution in [0, 0.1) is 5.53 Å². The molecule has 1 aromatic rings. The van der Waals surface area contributed by atoms with Gasteiger partial charge in [-0.3, -0.25) is 0 Å². The molecule has 0 heterocycles. The molecule has 0 radical (unpaired) electrons. The van der Waals surface area contributed by atoms with Crippen LogP contribution in [0.2, 0.25) is 0 Å². The Morgan fingerprint density at radius 2 is 2.00 bits per heavy atom. The first-order valence-corrected chi connectivity index (χ1v) is 3.50. The van der Waals surface area contributed by atoms with E-state index in [9.17, 15) is 0 Å². The maximum atomic E-state index is 6.43. The van der Waals surface area contributed by atoms with Gasteiger partial charge in [0, 0.05) is 0 Å². The van der Waals surface area contributed by atoms with Gasteiger partial charge in [0.05, 0.1) is 0 Å². The highest BCUT2D eigenvalue weighted by molar-refractivity contribution is 5.14. The second-order valence-corrected chi connectivity index (χ2v) is 2.20. The quantitative estimate of drug-likeness (QED) is 0.501. The number of nitrogens with zero attached hydrogens (tertiary/aromatic N) is 2. The molecule has 11 heavy (non-hydrogen) atoms. The van der Waals surface area contributed by atoms with Crippen molar-refractivity contribution in [2.75, 3.05) is 6.54 Å². The largest absolute Gasteiger partial charge is 0.214 e. The first kappa shape index (κ1) is 7.63. The Kier molecular flexibility index (Phi) is 3.03. The van der Waals surface area contributed by atoms with E-state index in [1.54, 1.807) is 0 Å². The summed E-state index contributed by atoms with van der Waals surface area (Å²) >= 11 is 0. The maximum Gasteiger partial charge on any atom is 0.214 e. The summed E-state index contributed by atoms with van der Waals surface area (Å²) in [7, 11) is 0. The fraction of sp³-hybridized carbons (Fsp3) is 0.250. The lowest BCUT2D eigenvalue weighted by Gasteiger charge is -1.91. The number of hydrogen-bond acceptors (Lipinski definition) is 2. The molecule has 1 rings (SSSR count). The number of benzene rings is 1. The SMILES string of the molecule is N=[N+]=NCCc1ccccc1. The van der Waals surface area contributed by atoms with Crippen LogP contribution in [0.15, 0.2) is 35.4 Å². The van der Waals surface area contributed by atoms with E-state index in [-0.39, 0.29) is 0 Å². The molecule has 1 N–H and O–H groups in total. The molecule has 0 spiro atoms. The minimum absolute atomic E-state index is 0.605. The lowest BCUT2D eigenvalue weighted by atomic mass is 10.2. The maximum absolute atomic E-state index is 6.43. The van der Waals surface area contributed by atoms with Gasteiger partial charge in [0.15, 0.2) is 0 Å². The Balaban J connectivity index is 2.45. The Hall–Kier alpha value is -1.47. The second kappa shape index (κ2) is 4.36. The van der Waals surface area contributed by atoms with Gasteiger partial charge in [-0.05, 0) is 12.0 Å². The van der Waals surface area contributed by atoms with Crippen molar-refractivity contribution >= 4 is 0 Å². The van der Waals surface area contributed by atoms with E-state index >= 15 is 0 Å². The van der Waals surface area contributed by atoms with Gasteiger partial charge in [-0.2, -0.15) is 0 Å². The van der Waals surface area contributed by atoms with Gasteiger partial charge in [0.25, 0.3) is 0 Å². The predicted octanol–water partition coefficient (Wildman–Crippen LogP) is 1.78. The molecule has 0 aromatic heterocycles. The molecule has 0 aliphatic carbocycles. The van der Waals surface area contributed by atoms with Crippen LogP contribution < -0.4 is 4.91 Å². The molecule has 1 aromatic carbocycles. The average molecular weight is 148 g/mol. The lowest BCUT2D eigenvalue weighted by Crippen LogP contribution is -1.87. The summed E-state index contributed by atoms with van der Waals surface area (Å²) in [5.74, 6) is 0. The van der Waals surface area contributed by atoms with E-state index < -0.39 is 0 Å². The van der Waals surface area contributed by atoms with Gasteiger partial charge in [0.2, 0.25) is 4.91 Å². The smallest absolute Gasteiger partial charge is 0.0622 e. The van der Waals surface area contributed by atoms with Gasteiger partial charge in [-0.1, -0.05) is 30.3 Å². The zero-order chi connectivity index (χ0) is 7.94. The normalized spacial score (nSPS) is 8.73. The van der Waals surface area contributed by atoms with Crippen molar-refractivity contribution in [3.05, 3.63) is 35.9 Å². The van der Waals surface area contributed by atoms with E-state index in [0.29, 0.717) is 6.54 Å². The lowest BCUT2D eigenvalue weighted by molar-refractivity contribution is 0.834. The summed E-state index contributed by atoms with van der Waals surface area (Å²) in [6.45, 7) is 0.605. The Morgan fingerprint density at radius 3 is 2.64 bits per heavy atom. The molecular weight excluding hydrogens is 138 g/mol. The van der Waals surface area contributed by atoms with Crippen LogP contribution in [0.4, 0.5) is 0 Å². The summed E-state index contributed by atoms with van der Waals surface area (Å²) in [6, 6.07) is 10.1. The van der Waals surface area contributed by atoms with E-state index in [1.165, 1.54) is 5.56 Å². The minimum atomic E-state index is 0.605. The molecule has 0 saturated heterocycles. The van der Waals surface area contributed by atoms with Crippen LogP contribution in [0.25, 0.3) is 0 Å². The molecule has 0 aliphatic rings. The summed E-state index contributed by atoms with van der Waals surface area (Å²) in [5, 5.41) is 3.56. The van der Waals surface area contributed by atoms with Crippen LogP contribution in [-0.2, 0) is 6.42 Å². The van der Waals surface area contributed by atoms with E-state index in [0.717, 1.165) is 6.42 Å². The van der Waals surface area contributed by atoms with Gasteiger partial charge < -0.3 is 0 Å². The Bertz CT molecular complexity index is 249.